The van der Waals surface area contributed by atoms with Gasteiger partial charge in [0.05, 0.1) is 24.9 Å². The number of allylic oxidation sites excluding steroid dienone is 2. The van der Waals surface area contributed by atoms with Crippen LogP contribution in [0.2, 0.25) is 0 Å². The lowest BCUT2D eigenvalue weighted by Crippen LogP contribution is -2.36. The molecule has 0 aliphatic carbocycles. The predicted molar refractivity (Wildman–Crippen MR) is 122 cm³/mol. The van der Waals surface area contributed by atoms with Crippen LogP contribution in [0.4, 0.5) is 5.69 Å². The van der Waals surface area contributed by atoms with Crippen molar-refractivity contribution in [3.8, 4) is 17.5 Å². The van der Waals surface area contributed by atoms with Crippen molar-refractivity contribution in [1.82, 2.24) is 9.55 Å². The van der Waals surface area contributed by atoms with Crippen molar-refractivity contribution in [2.24, 2.45) is 0 Å². The topological polar surface area (TPSA) is 54.1 Å². The molecule has 0 spiro atoms. The number of benzene rings is 2. The monoisotopic (exact) mass is 396 g/mol. The van der Waals surface area contributed by atoms with Crippen LogP contribution < -0.4 is 4.90 Å². The zero-order valence-corrected chi connectivity index (χ0v) is 17.1. The highest BCUT2D eigenvalue weighted by molar-refractivity contribution is 5.80. The van der Waals surface area contributed by atoms with Gasteiger partial charge in [0.25, 0.3) is 0 Å². The van der Waals surface area contributed by atoms with E-state index in [0.29, 0.717) is 5.57 Å². The molecule has 150 valence electrons. The van der Waals surface area contributed by atoms with Gasteiger partial charge < -0.3 is 14.2 Å². The molecule has 2 aromatic carbocycles. The van der Waals surface area contributed by atoms with Gasteiger partial charge in [0.1, 0.15) is 5.82 Å². The summed E-state index contributed by atoms with van der Waals surface area (Å²) in [6.07, 6.45) is 5.82. The number of anilines is 1. The van der Waals surface area contributed by atoms with Crippen molar-refractivity contribution >= 4 is 23.0 Å². The third-order valence-corrected chi connectivity index (χ3v) is 5.30. The van der Waals surface area contributed by atoms with E-state index in [4.69, 9.17) is 10.00 Å². The van der Waals surface area contributed by atoms with E-state index in [1.807, 2.05) is 41.2 Å². The van der Waals surface area contributed by atoms with Crippen LogP contribution in [0.3, 0.4) is 0 Å². The highest BCUT2D eigenvalue weighted by atomic mass is 16.5. The smallest absolute Gasteiger partial charge is 0.143 e. The second kappa shape index (κ2) is 8.81. The zero-order chi connectivity index (χ0) is 20.9. The number of morpholine rings is 1. The molecule has 0 amide bonds. The largest absolute Gasteiger partial charge is 0.378 e. The maximum absolute atomic E-state index is 9.10. The Labute approximate surface area is 177 Å². The van der Waals surface area contributed by atoms with Crippen molar-refractivity contribution in [2.45, 2.75) is 6.92 Å². The van der Waals surface area contributed by atoms with Gasteiger partial charge in [-0.25, -0.2) is 4.98 Å². The molecule has 0 N–H and O–H groups in total. The summed E-state index contributed by atoms with van der Waals surface area (Å²) in [5.41, 5.74) is 5.70. The van der Waals surface area contributed by atoms with Crippen LogP contribution in [0, 0.1) is 11.3 Å². The van der Waals surface area contributed by atoms with Crippen molar-refractivity contribution in [2.75, 3.05) is 31.2 Å². The molecule has 1 saturated heterocycles. The fourth-order valence-corrected chi connectivity index (χ4v) is 3.58. The van der Waals surface area contributed by atoms with Crippen molar-refractivity contribution in [3.63, 3.8) is 0 Å². The molecule has 0 unspecified atom stereocenters. The Morgan fingerprint density at radius 3 is 2.60 bits per heavy atom. The molecule has 0 atom stereocenters. The Morgan fingerprint density at radius 2 is 1.87 bits per heavy atom. The molecule has 1 fully saturated rings. The molecule has 3 aromatic rings. The molecule has 0 bridgehead atoms. The summed E-state index contributed by atoms with van der Waals surface area (Å²) >= 11 is 0. The van der Waals surface area contributed by atoms with E-state index in [-0.39, 0.29) is 0 Å². The zero-order valence-electron chi connectivity index (χ0n) is 17.1. The van der Waals surface area contributed by atoms with Crippen molar-refractivity contribution in [3.05, 3.63) is 78.6 Å². The van der Waals surface area contributed by atoms with Crippen molar-refractivity contribution < 1.29 is 4.74 Å². The first kappa shape index (κ1) is 19.7. The van der Waals surface area contributed by atoms with Crippen molar-refractivity contribution in [1.29, 1.82) is 5.26 Å². The highest BCUT2D eigenvalue weighted by Crippen LogP contribution is 2.25. The second-order valence-corrected chi connectivity index (χ2v) is 7.29. The fourth-order valence-electron chi connectivity index (χ4n) is 3.58. The van der Waals surface area contributed by atoms with Crippen LogP contribution in [0.5, 0.6) is 0 Å². The number of rotatable bonds is 5. The van der Waals surface area contributed by atoms with Gasteiger partial charge in [-0.05, 0) is 54.0 Å². The Morgan fingerprint density at radius 1 is 1.13 bits per heavy atom. The quantitative estimate of drug-likeness (QED) is 0.573. The summed E-state index contributed by atoms with van der Waals surface area (Å²) in [5.74, 6) is 0.889. The number of hydrogen-bond donors (Lipinski definition) is 0. The third kappa shape index (κ3) is 4.19. The van der Waals surface area contributed by atoms with Gasteiger partial charge in [0.15, 0.2) is 0 Å². The minimum Gasteiger partial charge on any atom is -0.378 e. The van der Waals surface area contributed by atoms with E-state index in [0.717, 1.165) is 54.4 Å². The summed E-state index contributed by atoms with van der Waals surface area (Å²) in [6.45, 7) is 9.26. The fraction of sp³-hybridized carbons (Fsp3) is 0.200. The maximum Gasteiger partial charge on any atom is 0.143 e. The number of imidazole rings is 1. The molecule has 1 aromatic heterocycles. The summed E-state index contributed by atoms with van der Waals surface area (Å²) in [5, 5.41) is 9.10. The molecule has 2 heterocycles. The van der Waals surface area contributed by atoms with E-state index in [2.05, 4.69) is 59.9 Å². The van der Waals surface area contributed by atoms with Gasteiger partial charge >= 0.3 is 0 Å². The average Bonchev–Trinajstić information content (AvgIpc) is 3.27. The first-order valence-electron chi connectivity index (χ1n) is 10.00. The molecule has 0 saturated carbocycles. The number of aromatic nitrogens is 2. The predicted octanol–water partition coefficient (Wildman–Crippen LogP) is 4.94. The molecule has 30 heavy (non-hydrogen) atoms. The molecule has 0 radical (unpaired) electrons. The summed E-state index contributed by atoms with van der Waals surface area (Å²) in [4.78, 5) is 6.90. The van der Waals surface area contributed by atoms with Gasteiger partial charge in [0.2, 0.25) is 0 Å². The molecular formula is C25H24N4O. The second-order valence-electron chi connectivity index (χ2n) is 7.29. The van der Waals surface area contributed by atoms with Gasteiger partial charge in [-0.15, -0.1) is 0 Å². The molecule has 5 heteroatoms. The third-order valence-electron chi connectivity index (χ3n) is 5.30. The Balaban J connectivity index is 1.59. The van der Waals surface area contributed by atoms with Gasteiger partial charge in [-0.2, -0.15) is 5.26 Å². The minimum absolute atomic E-state index is 0.466. The van der Waals surface area contributed by atoms with Gasteiger partial charge in [0, 0.05) is 42.9 Å². The summed E-state index contributed by atoms with van der Waals surface area (Å²) < 4.78 is 7.47. The van der Waals surface area contributed by atoms with E-state index in [1.165, 1.54) is 5.69 Å². The molecule has 1 aliphatic heterocycles. The van der Waals surface area contributed by atoms with E-state index in [9.17, 15) is 0 Å². The lowest BCUT2D eigenvalue weighted by Gasteiger charge is -2.28. The average molecular weight is 396 g/mol. The summed E-state index contributed by atoms with van der Waals surface area (Å²) in [6, 6.07) is 18.5. The van der Waals surface area contributed by atoms with Crippen LogP contribution in [0.1, 0.15) is 18.1 Å². The Kier molecular flexibility index (Phi) is 5.78. The Bertz CT molecular complexity index is 1110. The SMILES string of the molecule is C=C(C#N)c1cccc(/C(C)=C/n2ccnc2-c2ccc(N3CCOCC3)cc2)c1. The van der Waals surface area contributed by atoms with Crippen LogP contribution in [-0.4, -0.2) is 35.9 Å². The van der Waals surface area contributed by atoms with Crippen LogP contribution in [-0.2, 0) is 4.74 Å². The van der Waals surface area contributed by atoms with Crippen LogP contribution in [0.25, 0.3) is 28.7 Å². The normalized spacial score (nSPS) is 14.4. The lowest BCUT2D eigenvalue weighted by molar-refractivity contribution is 0.122. The first-order valence-corrected chi connectivity index (χ1v) is 10.00. The molecule has 5 nitrogen and oxygen atoms in total. The summed E-state index contributed by atoms with van der Waals surface area (Å²) in [7, 11) is 0. The minimum atomic E-state index is 0.466. The number of ether oxygens (including phenoxy) is 1. The Hall–Kier alpha value is -3.62. The number of nitriles is 1. The van der Waals surface area contributed by atoms with E-state index < -0.39 is 0 Å². The maximum atomic E-state index is 9.10. The highest BCUT2D eigenvalue weighted by Gasteiger charge is 2.12. The van der Waals surface area contributed by atoms with Crippen LogP contribution in [0.15, 0.2) is 67.5 Å². The molecule has 1 aliphatic rings. The van der Waals surface area contributed by atoms with Crippen LogP contribution >= 0.6 is 0 Å². The number of hydrogen-bond acceptors (Lipinski definition) is 4. The van der Waals surface area contributed by atoms with E-state index >= 15 is 0 Å². The standard InChI is InChI=1S/C25H24N4O/c1-19(17-26)22-4-3-5-23(16-22)20(2)18-29-11-10-27-25(29)21-6-8-24(9-7-21)28-12-14-30-15-13-28/h3-11,16,18H,1,12-15H2,2H3/b20-18+. The first-order chi connectivity index (χ1) is 14.7. The van der Waals surface area contributed by atoms with Gasteiger partial charge in [-0.3, -0.25) is 0 Å². The molecule has 4 rings (SSSR count). The van der Waals surface area contributed by atoms with Gasteiger partial charge in [-0.1, -0.05) is 24.8 Å². The number of nitrogens with zero attached hydrogens (tertiary/aromatic N) is 4. The lowest BCUT2D eigenvalue weighted by atomic mass is 10.0. The molecular weight excluding hydrogens is 372 g/mol. The van der Waals surface area contributed by atoms with E-state index in [1.54, 1.807) is 0 Å².